The third-order valence-electron chi connectivity index (χ3n) is 10.2. The summed E-state index contributed by atoms with van der Waals surface area (Å²) in [5.41, 5.74) is 0.621. The maximum atomic E-state index is 13.9. The minimum Gasteiger partial charge on any atom is -0.341 e. The minimum atomic E-state index is -1.86. The van der Waals surface area contributed by atoms with Gasteiger partial charge in [0.25, 0.3) is 34.8 Å². The van der Waals surface area contributed by atoms with E-state index in [0.717, 1.165) is 5.69 Å². The van der Waals surface area contributed by atoms with Crippen LogP contribution in [-0.2, 0) is 33.4 Å². The lowest BCUT2D eigenvalue weighted by atomic mass is 9.83. The number of anilines is 4. The molecule has 13 heteroatoms. The van der Waals surface area contributed by atoms with Crippen molar-refractivity contribution in [1.82, 2.24) is 0 Å². The van der Waals surface area contributed by atoms with Crippen LogP contribution in [0.1, 0.15) is 51.0 Å². The van der Waals surface area contributed by atoms with Crippen molar-refractivity contribution in [3.8, 4) is 0 Å². The predicted octanol–water partition coefficient (Wildman–Crippen LogP) is 7.11. The van der Waals surface area contributed by atoms with Crippen molar-refractivity contribution in [3.63, 3.8) is 0 Å². The van der Waals surface area contributed by atoms with Crippen LogP contribution >= 0.6 is 23.2 Å². The van der Waals surface area contributed by atoms with Crippen LogP contribution in [0.4, 0.5) is 22.7 Å². The zero-order valence-corrected chi connectivity index (χ0v) is 32.2. The second-order valence-electron chi connectivity index (χ2n) is 13.8. The molecule has 8 rings (SSSR count). The average molecular weight is 772 g/mol. The van der Waals surface area contributed by atoms with Crippen LogP contribution < -0.4 is 19.6 Å². The van der Waals surface area contributed by atoms with Gasteiger partial charge >= 0.3 is 0 Å². The van der Waals surface area contributed by atoms with Crippen molar-refractivity contribution in [3.05, 3.63) is 118 Å². The minimum absolute atomic E-state index is 0.353. The van der Waals surface area contributed by atoms with E-state index in [1.807, 2.05) is 80.6 Å². The van der Waals surface area contributed by atoms with Gasteiger partial charge < -0.3 is 33.8 Å². The Morgan fingerprint density at radius 1 is 0.630 bits per heavy atom. The van der Waals surface area contributed by atoms with Crippen molar-refractivity contribution >= 4 is 69.6 Å². The van der Waals surface area contributed by atoms with Crippen molar-refractivity contribution < 1.29 is 33.4 Å². The van der Waals surface area contributed by atoms with Crippen LogP contribution in [0.15, 0.2) is 97.1 Å². The molecule has 4 atom stereocenters. The first-order valence-electron chi connectivity index (χ1n) is 17.7. The highest BCUT2D eigenvalue weighted by Gasteiger charge is 2.74. The zero-order valence-electron chi connectivity index (χ0n) is 30.7. The van der Waals surface area contributed by atoms with Crippen molar-refractivity contribution in [1.29, 1.82) is 0 Å². The first kappa shape index (κ1) is 37.5. The molecule has 2 saturated heterocycles. The molecule has 4 unspecified atom stereocenters. The van der Waals surface area contributed by atoms with Crippen molar-refractivity contribution in [2.45, 2.75) is 56.9 Å². The molecule has 2 fully saturated rings. The van der Waals surface area contributed by atoms with E-state index in [1.165, 1.54) is 9.80 Å². The lowest BCUT2D eigenvalue weighted by Crippen LogP contribution is -2.63. The second kappa shape index (κ2) is 13.8. The van der Waals surface area contributed by atoms with Crippen LogP contribution in [-0.4, -0.2) is 67.8 Å². The smallest absolute Gasteiger partial charge is 0.272 e. The number of carbonyl (C=O) groups is 4. The Balaban J connectivity index is 0.000000168. The number of benzene rings is 4. The maximum Gasteiger partial charge on any atom is 0.272 e. The molecule has 4 aliphatic heterocycles. The SMILES string of the molecule is CCN(C(=O)C12OC(C)(C)OC1c1c(Cl)cccc1N(C)C2=O)c1ccccc1.CCN(C(=O)C12OC1c1c(Cl)cccc1N(C)C2=O)c1ccccc1. The van der Waals surface area contributed by atoms with E-state index >= 15 is 0 Å². The molecule has 0 aliphatic carbocycles. The first-order chi connectivity index (χ1) is 25.7. The summed E-state index contributed by atoms with van der Waals surface area (Å²) in [6.45, 7) is 7.93. The van der Waals surface area contributed by atoms with Crippen LogP contribution in [0, 0.1) is 0 Å². The van der Waals surface area contributed by atoms with E-state index in [-0.39, 0.29) is 11.8 Å². The Morgan fingerprint density at radius 2 is 1.04 bits per heavy atom. The first-order valence-corrected chi connectivity index (χ1v) is 18.4. The molecule has 0 spiro atoms. The van der Waals surface area contributed by atoms with Crippen LogP contribution in [0.25, 0.3) is 0 Å². The Labute approximate surface area is 323 Å². The van der Waals surface area contributed by atoms with Gasteiger partial charge in [-0.25, -0.2) is 0 Å². The molecule has 4 amide bonds. The quantitative estimate of drug-likeness (QED) is 0.152. The van der Waals surface area contributed by atoms with Crippen molar-refractivity contribution in [2.24, 2.45) is 0 Å². The van der Waals surface area contributed by atoms with Gasteiger partial charge in [0.1, 0.15) is 12.2 Å². The number of ether oxygens (including phenoxy) is 3. The van der Waals surface area contributed by atoms with Gasteiger partial charge in [0.2, 0.25) is 0 Å². The summed E-state index contributed by atoms with van der Waals surface area (Å²) in [4.78, 5) is 59.8. The number of epoxide rings is 1. The lowest BCUT2D eigenvalue weighted by molar-refractivity contribution is -0.177. The van der Waals surface area contributed by atoms with Gasteiger partial charge in [0.15, 0.2) is 5.79 Å². The number of hydrogen-bond acceptors (Lipinski definition) is 7. The zero-order chi connectivity index (χ0) is 38.7. The number of fused-ring (bicyclic) bond motifs is 6. The molecule has 0 radical (unpaired) electrons. The Hall–Kier alpha value is -4.78. The largest absolute Gasteiger partial charge is 0.341 e. The highest BCUT2D eigenvalue weighted by atomic mass is 35.5. The molecule has 4 aromatic carbocycles. The molecular formula is C41H40Cl2N4O7. The summed E-state index contributed by atoms with van der Waals surface area (Å²) < 4.78 is 18.0. The molecule has 4 aromatic rings. The van der Waals surface area contributed by atoms with E-state index in [2.05, 4.69) is 0 Å². The molecule has 0 saturated carbocycles. The molecule has 0 N–H and O–H groups in total. The Morgan fingerprint density at radius 3 is 1.48 bits per heavy atom. The number of rotatable bonds is 6. The summed E-state index contributed by atoms with van der Waals surface area (Å²) in [6.07, 6.45) is -1.58. The van der Waals surface area contributed by atoms with Gasteiger partial charge in [0.05, 0.1) is 11.4 Å². The normalized spacial score (nSPS) is 24.3. The fourth-order valence-corrected chi connectivity index (χ4v) is 8.24. The fraction of sp³-hybridized carbons (Fsp3) is 0.317. The van der Waals surface area contributed by atoms with Crippen molar-refractivity contribution in [2.75, 3.05) is 46.8 Å². The number of likely N-dealkylation sites (N-methyl/N-ethyl adjacent to an activating group) is 4. The number of carbonyl (C=O) groups excluding carboxylic acids is 4. The molecular weight excluding hydrogens is 731 g/mol. The van der Waals surface area contributed by atoms with E-state index in [9.17, 15) is 19.2 Å². The fourth-order valence-electron chi connectivity index (χ4n) is 7.70. The van der Waals surface area contributed by atoms with Crippen LogP contribution in [0.3, 0.4) is 0 Å². The number of halogens is 2. The summed E-state index contributed by atoms with van der Waals surface area (Å²) in [5.74, 6) is -2.79. The summed E-state index contributed by atoms with van der Waals surface area (Å²) in [6, 6.07) is 29.1. The van der Waals surface area contributed by atoms with Crippen LogP contribution in [0.5, 0.6) is 0 Å². The molecule has 11 nitrogen and oxygen atoms in total. The van der Waals surface area contributed by atoms with Gasteiger partial charge in [-0.2, -0.15) is 0 Å². The monoisotopic (exact) mass is 770 g/mol. The Kier molecular flexibility index (Phi) is 9.60. The molecule has 4 aliphatic rings. The van der Waals surface area contributed by atoms with E-state index in [1.54, 1.807) is 68.1 Å². The standard InChI is InChI=1S/C22H23ClN2O4.C19H17ClN2O3/c1-5-25(14-10-7-6-8-11-14)20(27)22-18(28-21(2,3)29-22)17-15(23)12-9-13-16(17)24(4)19(22)26;1-3-22(12-8-5-4-6-9-12)18(24)19-16(25-19)15-13(20)10-7-11-14(15)21(2)17(19)23/h6-13,18H,5H2,1-4H3;4-11,16H,3H2,1-2H3. The lowest BCUT2D eigenvalue weighted by Gasteiger charge is -2.42. The average Bonchev–Trinajstić information content (AvgIpc) is 3.85. The van der Waals surface area contributed by atoms with Gasteiger partial charge in [-0.3, -0.25) is 19.2 Å². The second-order valence-corrected chi connectivity index (χ2v) is 14.6. The predicted molar refractivity (Wildman–Crippen MR) is 207 cm³/mol. The molecule has 0 bridgehead atoms. The summed E-state index contributed by atoms with van der Waals surface area (Å²) in [5, 5.41) is 0.923. The van der Waals surface area contributed by atoms with Gasteiger partial charge in [-0.1, -0.05) is 71.7 Å². The van der Waals surface area contributed by atoms with Gasteiger partial charge in [-0.05, 0) is 76.2 Å². The van der Waals surface area contributed by atoms with E-state index < -0.39 is 41.0 Å². The van der Waals surface area contributed by atoms with E-state index in [0.29, 0.717) is 51.3 Å². The molecule has 54 heavy (non-hydrogen) atoms. The molecule has 280 valence electrons. The molecule has 0 aromatic heterocycles. The van der Waals surface area contributed by atoms with Crippen LogP contribution in [0.2, 0.25) is 10.0 Å². The Bertz CT molecular complexity index is 2150. The number of para-hydroxylation sites is 2. The number of hydrogen-bond donors (Lipinski definition) is 0. The third-order valence-corrected chi connectivity index (χ3v) is 10.9. The maximum absolute atomic E-state index is 13.9. The molecule has 4 heterocycles. The topological polar surface area (TPSA) is 112 Å². The van der Waals surface area contributed by atoms with Gasteiger partial charge in [-0.15, -0.1) is 0 Å². The summed E-state index contributed by atoms with van der Waals surface area (Å²) >= 11 is 12.8. The van der Waals surface area contributed by atoms with Gasteiger partial charge in [0, 0.05) is 59.7 Å². The highest BCUT2D eigenvalue weighted by molar-refractivity contribution is 6.34. The number of nitrogens with zero attached hydrogens (tertiary/aromatic N) is 4. The highest BCUT2D eigenvalue weighted by Crippen LogP contribution is 2.60. The van der Waals surface area contributed by atoms with E-state index in [4.69, 9.17) is 37.4 Å². The summed E-state index contributed by atoms with van der Waals surface area (Å²) in [7, 11) is 3.26. The third kappa shape index (κ3) is 5.68. The number of amides is 4.